The molecule has 1 aromatic heterocycles. The second kappa shape index (κ2) is 9.63. The molecule has 0 spiro atoms. The number of piperidine rings is 1. The maximum Gasteiger partial charge on any atom is 0.326 e. The van der Waals surface area contributed by atoms with Crippen molar-refractivity contribution in [2.24, 2.45) is 0 Å². The molecule has 1 saturated heterocycles. The number of benzene rings is 1. The summed E-state index contributed by atoms with van der Waals surface area (Å²) in [5, 5.41) is 0. The number of hydrogen-bond acceptors (Lipinski definition) is 3. The summed E-state index contributed by atoms with van der Waals surface area (Å²) in [6.45, 7) is 6.83. The topological polar surface area (TPSA) is 50.3 Å². The van der Waals surface area contributed by atoms with E-state index in [1.165, 1.54) is 18.9 Å². The van der Waals surface area contributed by atoms with Crippen molar-refractivity contribution in [3.63, 3.8) is 0 Å². The molecule has 2 aliphatic rings. The molecule has 1 N–H and O–H groups in total. The van der Waals surface area contributed by atoms with Crippen LogP contribution in [0.5, 0.6) is 0 Å². The smallest absolute Gasteiger partial charge is 0.326 e. The quantitative estimate of drug-likeness (QED) is 0.763. The molecule has 162 valence electrons. The summed E-state index contributed by atoms with van der Waals surface area (Å²) in [5.74, 6) is -0.269. The van der Waals surface area contributed by atoms with Crippen LogP contribution in [0.1, 0.15) is 63.5 Å². The average molecular weight is 426 g/mol. The van der Waals surface area contributed by atoms with Crippen LogP contribution in [0.3, 0.4) is 0 Å². The summed E-state index contributed by atoms with van der Waals surface area (Å²) >= 11 is 0. The number of aromatic amines is 1. The number of aromatic nitrogens is 2. The first-order valence-electron chi connectivity index (χ1n) is 10.8. The van der Waals surface area contributed by atoms with E-state index in [0.29, 0.717) is 23.2 Å². The minimum Gasteiger partial charge on any atom is -0.378 e. The number of halogens is 2. The Labute approximate surface area is 178 Å². The number of hydrogen-bond donors (Lipinski definition) is 1. The molecule has 4 rings (SSSR count). The zero-order valence-corrected chi connectivity index (χ0v) is 18.3. The van der Waals surface area contributed by atoms with E-state index in [4.69, 9.17) is 4.74 Å². The van der Waals surface area contributed by atoms with Crippen LogP contribution in [0.15, 0.2) is 16.9 Å². The third-order valence-corrected chi connectivity index (χ3v) is 6.58. The van der Waals surface area contributed by atoms with Gasteiger partial charge < -0.3 is 14.6 Å². The zero-order chi connectivity index (χ0) is 19.7. The number of H-pyrrole nitrogens is 1. The summed E-state index contributed by atoms with van der Waals surface area (Å²) < 4.78 is 21.6. The van der Waals surface area contributed by atoms with Crippen LogP contribution in [-0.2, 0) is 4.74 Å². The number of imidazole rings is 1. The summed E-state index contributed by atoms with van der Waals surface area (Å²) in [4.78, 5) is 18.0. The number of ether oxygens (including phenoxy) is 1. The van der Waals surface area contributed by atoms with Gasteiger partial charge in [0, 0.05) is 31.8 Å². The first-order chi connectivity index (χ1) is 13.6. The van der Waals surface area contributed by atoms with Crippen molar-refractivity contribution in [3.05, 3.63) is 34.0 Å². The highest BCUT2D eigenvalue weighted by Crippen LogP contribution is 2.31. The van der Waals surface area contributed by atoms with E-state index >= 15 is 0 Å². The van der Waals surface area contributed by atoms with Gasteiger partial charge in [-0.15, -0.1) is 12.4 Å². The van der Waals surface area contributed by atoms with Crippen molar-refractivity contribution in [2.45, 2.75) is 77.0 Å². The molecule has 2 aromatic rings. The van der Waals surface area contributed by atoms with Crippen LogP contribution in [0, 0.1) is 12.7 Å². The Kier molecular flexibility index (Phi) is 7.41. The fraction of sp³-hybridized carbons (Fsp3) is 0.682. The number of nitrogens with zero attached hydrogens (tertiary/aromatic N) is 2. The molecule has 2 fully saturated rings. The largest absolute Gasteiger partial charge is 0.378 e. The molecule has 7 heteroatoms. The molecular weight excluding hydrogens is 393 g/mol. The van der Waals surface area contributed by atoms with Crippen molar-refractivity contribution in [1.82, 2.24) is 14.5 Å². The standard InChI is InChI=1S/C22H32FN3O2.ClH/c1-3-12-28-18-6-4-16(5-7-18)25-10-8-17(9-11-25)26-21-13-15(2)19(23)14-20(21)24-22(26)27;/h13-14,16-18H,3-12H2,1-2H3,(H,24,27);1H. The molecule has 0 atom stereocenters. The molecule has 0 bridgehead atoms. The fourth-order valence-corrected chi connectivity index (χ4v) is 4.98. The Hall–Kier alpha value is -1.37. The molecule has 1 aliphatic heterocycles. The molecule has 1 saturated carbocycles. The Morgan fingerprint density at radius 3 is 2.45 bits per heavy atom. The summed E-state index contributed by atoms with van der Waals surface area (Å²) in [6, 6.07) is 4.08. The van der Waals surface area contributed by atoms with Gasteiger partial charge in [0.15, 0.2) is 0 Å². The van der Waals surface area contributed by atoms with E-state index in [1.807, 2.05) is 4.57 Å². The van der Waals surface area contributed by atoms with Gasteiger partial charge in [-0.1, -0.05) is 6.92 Å². The number of likely N-dealkylation sites (tertiary alicyclic amines) is 1. The summed E-state index contributed by atoms with van der Waals surface area (Å²) in [5.41, 5.74) is 1.89. The highest BCUT2D eigenvalue weighted by molar-refractivity contribution is 5.85. The van der Waals surface area contributed by atoms with Gasteiger partial charge in [-0.05, 0) is 69.6 Å². The molecule has 0 amide bonds. The number of nitrogens with one attached hydrogen (secondary N) is 1. The number of rotatable bonds is 5. The third-order valence-electron chi connectivity index (χ3n) is 6.58. The summed E-state index contributed by atoms with van der Waals surface area (Å²) in [7, 11) is 0. The number of fused-ring (bicyclic) bond motifs is 1. The van der Waals surface area contributed by atoms with E-state index < -0.39 is 0 Å². The van der Waals surface area contributed by atoms with E-state index in [0.717, 1.165) is 57.3 Å². The van der Waals surface area contributed by atoms with Gasteiger partial charge in [0.2, 0.25) is 0 Å². The lowest BCUT2D eigenvalue weighted by molar-refractivity contribution is 0.00254. The number of aryl methyl sites for hydroxylation is 1. The van der Waals surface area contributed by atoms with Crippen LogP contribution >= 0.6 is 12.4 Å². The molecule has 0 radical (unpaired) electrons. The zero-order valence-electron chi connectivity index (χ0n) is 17.5. The minimum atomic E-state index is -0.269. The normalized spacial score (nSPS) is 24.0. The molecule has 0 unspecified atom stereocenters. The molecular formula is C22H33ClFN3O2. The maximum atomic E-state index is 13.8. The second-order valence-corrected chi connectivity index (χ2v) is 8.49. The Morgan fingerprint density at radius 2 is 1.79 bits per heavy atom. The highest BCUT2D eigenvalue weighted by atomic mass is 35.5. The predicted octanol–water partition coefficient (Wildman–Crippen LogP) is 4.57. The summed E-state index contributed by atoms with van der Waals surface area (Å²) in [6.07, 6.45) is 8.23. The van der Waals surface area contributed by atoms with Crippen LogP contribution in [-0.4, -0.2) is 46.3 Å². The van der Waals surface area contributed by atoms with Gasteiger partial charge in [-0.2, -0.15) is 0 Å². The van der Waals surface area contributed by atoms with Crippen molar-refractivity contribution in [2.75, 3.05) is 19.7 Å². The first-order valence-corrected chi connectivity index (χ1v) is 10.8. The lowest BCUT2D eigenvalue weighted by atomic mass is 9.90. The van der Waals surface area contributed by atoms with Crippen LogP contribution in [0.25, 0.3) is 11.0 Å². The van der Waals surface area contributed by atoms with Gasteiger partial charge >= 0.3 is 5.69 Å². The van der Waals surface area contributed by atoms with Crippen molar-refractivity contribution in [3.8, 4) is 0 Å². The second-order valence-electron chi connectivity index (χ2n) is 8.49. The molecule has 5 nitrogen and oxygen atoms in total. The highest BCUT2D eigenvalue weighted by Gasteiger charge is 2.30. The minimum absolute atomic E-state index is 0. The lowest BCUT2D eigenvalue weighted by Crippen LogP contribution is -2.45. The molecule has 1 aromatic carbocycles. The van der Waals surface area contributed by atoms with Crippen molar-refractivity contribution < 1.29 is 9.13 Å². The van der Waals surface area contributed by atoms with E-state index in [2.05, 4.69) is 16.8 Å². The lowest BCUT2D eigenvalue weighted by Gasteiger charge is -2.41. The fourth-order valence-electron chi connectivity index (χ4n) is 4.98. The molecule has 2 heterocycles. The predicted molar refractivity (Wildman–Crippen MR) is 117 cm³/mol. The SMILES string of the molecule is CCCOC1CCC(N2CCC(n3c(=O)[nH]c4cc(F)c(C)cc43)CC2)CC1.Cl. The maximum absolute atomic E-state index is 13.8. The van der Waals surface area contributed by atoms with E-state index in [9.17, 15) is 9.18 Å². The van der Waals surface area contributed by atoms with Crippen molar-refractivity contribution in [1.29, 1.82) is 0 Å². The Balaban J connectivity index is 0.00000240. The Bertz CT molecular complexity index is 865. The van der Waals surface area contributed by atoms with Crippen molar-refractivity contribution >= 4 is 23.4 Å². The van der Waals surface area contributed by atoms with Crippen LogP contribution < -0.4 is 5.69 Å². The van der Waals surface area contributed by atoms with E-state index in [1.54, 1.807) is 13.0 Å². The van der Waals surface area contributed by atoms with Crippen LogP contribution in [0.4, 0.5) is 4.39 Å². The molecule has 29 heavy (non-hydrogen) atoms. The van der Waals surface area contributed by atoms with Gasteiger partial charge in [-0.25, -0.2) is 9.18 Å². The molecule has 1 aliphatic carbocycles. The average Bonchev–Trinajstić information content (AvgIpc) is 3.02. The third kappa shape index (κ3) is 4.70. The van der Waals surface area contributed by atoms with E-state index in [-0.39, 0.29) is 30.0 Å². The van der Waals surface area contributed by atoms with Gasteiger partial charge in [0.25, 0.3) is 0 Å². The van der Waals surface area contributed by atoms with Gasteiger partial charge in [0.05, 0.1) is 17.1 Å². The monoisotopic (exact) mass is 425 g/mol. The van der Waals surface area contributed by atoms with Gasteiger partial charge in [0.1, 0.15) is 5.82 Å². The van der Waals surface area contributed by atoms with Gasteiger partial charge in [-0.3, -0.25) is 4.57 Å². The first kappa shape index (κ1) is 22.3. The van der Waals surface area contributed by atoms with Crippen LogP contribution in [0.2, 0.25) is 0 Å². The Morgan fingerprint density at radius 1 is 1.10 bits per heavy atom.